The number of carbonyl (C=O) groups excluding carboxylic acids is 1. The van der Waals surface area contributed by atoms with E-state index in [1.165, 1.54) is 11.3 Å². The van der Waals surface area contributed by atoms with E-state index in [1.807, 2.05) is 38.5 Å². The first-order valence-corrected chi connectivity index (χ1v) is 6.78. The number of carbonyl (C=O) groups is 1. The molecule has 0 fully saturated rings. The van der Waals surface area contributed by atoms with E-state index in [1.54, 1.807) is 0 Å². The van der Waals surface area contributed by atoms with Crippen molar-refractivity contribution in [3.8, 4) is 0 Å². The molecule has 0 unspecified atom stereocenters. The second kappa shape index (κ2) is 6.04. The second-order valence-corrected chi connectivity index (χ2v) is 6.36. The largest absolute Gasteiger partial charge is 0.444 e. The van der Waals surface area contributed by atoms with Crippen LogP contribution in [0.1, 0.15) is 32.1 Å². The number of thiazole rings is 1. The van der Waals surface area contributed by atoms with Crippen LogP contribution in [0.2, 0.25) is 0 Å². The number of nitrogens with one attached hydrogen (secondary N) is 2. The fourth-order valence-electron chi connectivity index (χ4n) is 1.44. The molecule has 6 heteroatoms. The molecule has 1 heterocycles. The summed E-state index contributed by atoms with van der Waals surface area (Å²) in [6.07, 6.45) is 2.35. The molecule has 0 aliphatic heterocycles. The zero-order chi connectivity index (χ0) is 13.8. The van der Waals surface area contributed by atoms with E-state index in [0.29, 0.717) is 11.3 Å². The molecule has 0 aliphatic rings. The number of alkyl carbamates (subject to hydrolysis) is 1. The number of rotatable bonds is 4. The monoisotopic (exact) mass is 271 g/mol. The zero-order valence-corrected chi connectivity index (χ0v) is 12.2. The molecule has 0 atom stereocenters. The van der Waals surface area contributed by atoms with Crippen molar-refractivity contribution in [2.45, 2.75) is 46.3 Å². The average Bonchev–Trinajstić information content (AvgIpc) is 2.49. The molecular weight excluding hydrogens is 250 g/mol. The highest BCUT2D eigenvalue weighted by Crippen LogP contribution is 2.06. The van der Waals surface area contributed by atoms with Gasteiger partial charge >= 0.3 is 6.09 Å². The Morgan fingerprint density at radius 3 is 2.72 bits per heavy atom. The normalized spacial score (nSPS) is 11.3. The Morgan fingerprint density at radius 2 is 2.22 bits per heavy atom. The van der Waals surface area contributed by atoms with Crippen molar-refractivity contribution in [2.24, 2.45) is 0 Å². The molecule has 5 nitrogen and oxygen atoms in total. The second-order valence-electron chi connectivity index (χ2n) is 5.12. The summed E-state index contributed by atoms with van der Waals surface area (Å²) in [5, 5.41) is 10.4. The van der Waals surface area contributed by atoms with Gasteiger partial charge in [-0.25, -0.2) is 4.79 Å². The van der Waals surface area contributed by atoms with Gasteiger partial charge in [0, 0.05) is 24.2 Å². The molecule has 0 saturated heterocycles. The summed E-state index contributed by atoms with van der Waals surface area (Å²) in [6, 6.07) is 0. The summed E-state index contributed by atoms with van der Waals surface area (Å²) in [5.74, 6) is 0. The predicted molar refractivity (Wildman–Crippen MR) is 71.8 cm³/mol. The molecule has 0 aliphatic carbocycles. The van der Waals surface area contributed by atoms with E-state index in [4.69, 9.17) is 10.1 Å². The topological polar surface area (TPSA) is 67.1 Å². The number of aromatic nitrogens is 1. The molecule has 1 aromatic heterocycles. The molecule has 1 rings (SSSR count). The summed E-state index contributed by atoms with van der Waals surface area (Å²) in [4.78, 5) is 13.0. The first-order valence-electron chi connectivity index (χ1n) is 5.96. The number of hydrogen-bond donors (Lipinski definition) is 2. The van der Waals surface area contributed by atoms with Crippen LogP contribution in [0.15, 0.2) is 6.20 Å². The number of aryl methyl sites for hydroxylation is 2. The molecule has 0 bridgehead atoms. The summed E-state index contributed by atoms with van der Waals surface area (Å²) in [5.41, 5.74) is -0.461. The Bertz CT molecular complexity index is 457. The molecule has 18 heavy (non-hydrogen) atoms. The van der Waals surface area contributed by atoms with Gasteiger partial charge in [0.1, 0.15) is 5.60 Å². The smallest absolute Gasteiger partial charge is 0.407 e. The van der Waals surface area contributed by atoms with Crippen LogP contribution >= 0.6 is 11.3 Å². The van der Waals surface area contributed by atoms with Crippen molar-refractivity contribution in [3.63, 3.8) is 0 Å². The van der Waals surface area contributed by atoms with Crippen LogP contribution in [0, 0.1) is 12.3 Å². The van der Waals surface area contributed by atoms with Crippen molar-refractivity contribution in [1.82, 2.24) is 9.88 Å². The van der Waals surface area contributed by atoms with Crippen LogP contribution in [0.4, 0.5) is 4.79 Å². The fraction of sp³-hybridized carbons (Fsp3) is 0.667. The van der Waals surface area contributed by atoms with Crippen LogP contribution in [-0.2, 0) is 11.3 Å². The zero-order valence-electron chi connectivity index (χ0n) is 11.4. The first kappa shape index (κ1) is 14.8. The van der Waals surface area contributed by atoms with Crippen molar-refractivity contribution in [2.75, 3.05) is 6.54 Å². The van der Waals surface area contributed by atoms with Crippen LogP contribution in [-0.4, -0.2) is 22.8 Å². The summed E-state index contributed by atoms with van der Waals surface area (Å²) < 4.78 is 7.01. The number of hydrogen-bond acceptors (Lipinski definition) is 4. The van der Waals surface area contributed by atoms with Crippen LogP contribution in [0.3, 0.4) is 0 Å². The van der Waals surface area contributed by atoms with Gasteiger partial charge in [-0.05, 0) is 34.1 Å². The minimum Gasteiger partial charge on any atom is -0.444 e. The van der Waals surface area contributed by atoms with E-state index in [9.17, 15) is 4.79 Å². The maximum absolute atomic E-state index is 11.4. The summed E-state index contributed by atoms with van der Waals surface area (Å²) in [7, 11) is 0. The van der Waals surface area contributed by atoms with Crippen LogP contribution in [0.25, 0.3) is 0 Å². The molecule has 0 saturated carbocycles. The molecule has 102 valence electrons. The Morgan fingerprint density at radius 1 is 1.56 bits per heavy atom. The molecule has 1 aromatic rings. The Kier molecular flexibility index (Phi) is 4.95. The van der Waals surface area contributed by atoms with Gasteiger partial charge in [-0.3, -0.25) is 5.41 Å². The van der Waals surface area contributed by atoms with Gasteiger partial charge in [0.15, 0.2) is 4.80 Å². The summed E-state index contributed by atoms with van der Waals surface area (Å²) in [6.45, 7) is 8.78. The average molecular weight is 271 g/mol. The van der Waals surface area contributed by atoms with Crippen LogP contribution < -0.4 is 10.1 Å². The highest BCUT2D eigenvalue weighted by atomic mass is 32.1. The minimum atomic E-state index is -0.461. The lowest BCUT2D eigenvalue weighted by molar-refractivity contribution is 0.0526. The Labute approximate surface area is 111 Å². The number of amides is 1. The van der Waals surface area contributed by atoms with Gasteiger partial charge in [-0.15, -0.1) is 11.3 Å². The predicted octanol–water partition coefficient (Wildman–Crippen LogP) is 2.25. The number of nitrogens with zero attached hydrogens (tertiary/aromatic N) is 1. The van der Waals surface area contributed by atoms with E-state index in [2.05, 4.69) is 5.32 Å². The van der Waals surface area contributed by atoms with Gasteiger partial charge in [0.25, 0.3) is 0 Å². The van der Waals surface area contributed by atoms with Crippen molar-refractivity contribution in [3.05, 3.63) is 15.9 Å². The van der Waals surface area contributed by atoms with Gasteiger partial charge in [0.2, 0.25) is 0 Å². The van der Waals surface area contributed by atoms with E-state index in [-0.39, 0.29) is 6.09 Å². The van der Waals surface area contributed by atoms with Gasteiger partial charge in [-0.1, -0.05) is 0 Å². The standard InChI is InChI=1S/C12H21N3O2S/c1-9-8-15(10(13)18-9)7-5-6-14-11(16)17-12(2,3)4/h8,13H,5-7H2,1-4H3,(H,14,16). The lowest BCUT2D eigenvalue weighted by Gasteiger charge is -2.19. The van der Waals surface area contributed by atoms with Crippen LogP contribution in [0.5, 0.6) is 0 Å². The quantitative estimate of drug-likeness (QED) is 0.825. The fourth-order valence-corrected chi connectivity index (χ4v) is 2.18. The lowest BCUT2D eigenvalue weighted by Crippen LogP contribution is -2.33. The molecule has 2 N–H and O–H groups in total. The van der Waals surface area contributed by atoms with Gasteiger partial charge in [-0.2, -0.15) is 0 Å². The maximum Gasteiger partial charge on any atom is 0.407 e. The maximum atomic E-state index is 11.4. The van der Waals surface area contributed by atoms with Gasteiger partial charge in [0.05, 0.1) is 0 Å². The SMILES string of the molecule is Cc1cn(CCCNC(=O)OC(C)(C)C)c(=N)s1. The first-order chi connectivity index (χ1) is 8.28. The third-order valence-electron chi connectivity index (χ3n) is 2.10. The highest BCUT2D eigenvalue weighted by Gasteiger charge is 2.15. The van der Waals surface area contributed by atoms with Gasteiger partial charge < -0.3 is 14.6 Å². The minimum absolute atomic E-state index is 0.389. The third kappa shape index (κ3) is 5.35. The van der Waals surface area contributed by atoms with E-state index in [0.717, 1.165) is 17.8 Å². The van der Waals surface area contributed by atoms with E-state index >= 15 is 0 Å². The highest BCUT2D eigenvalue weighted by molar-refractivity contribution is 7.09. The Balaban J connectivity index is 2.25. The van der Waals surface area contributed by atoms with Crippen molar-refractivity contribution < 1.29 is 9.53 Å². The molecular formula is C12H21N3O2S. The summed E-state index contributed by atoms with van der Waals surface area (Å²) >= 11 is 1.46. The molecule has 0 radical (unpaired) electrons. The third-order valence-corrected chi connectivity index (χ3v) is 2.96. The van der Waals surface area contributed by atoms with Crippen molar-refractivity contribution in [1.29, 1.82) is 5.41 Å². The lowest BCUT2D eigenvalue weighted by atomic mass is 10.2. The molecule has 0 aromatic carbocycles. The molecule has 0 spiro atoms. The Hall–Kier alpha value is -1.30. The molecule has 1 amide bonds. The van der Waals surface area contributed by atoms with E-state index < -0.39 is 5.60 Å². The van der Waals surface area contributed by atoms with Crippen molar-refractivity contribution >= 4 is 17.4 Å². The number of ether oxygens (including phenoxy) is 1.